The van der Waals surface area contributed by atoms with Crippen molar-refractivity contribution >= 4 is 5.95 Å². The number of aromatic nitrogens is 3. The first-order valence-electron chi connectivity index (χ1n) is 5.68. The van der Waals surface area contributed by atoms with Gasteiger partial charge >= 0.3 is 12.0 Å². The highest BCUT2D eigenvalue weighted by molar-refractivity contribution is 5.30. The summed E-state index contributed by atoms with van der Waals surface area (Å²) < 4.78 is 23.4. The Kier molecular flexibility index (Phi) is 4.07. The van der Waals surface area contributed by atoms with Crippen molar-refractivity contribution in [3.63, 3.8) is 0 Å². The van der Waals surface area contributed by atoms with E-state index in [1.54, 1.807) is 6.07 Å². The minimum atomic E-state index is -0.398. The Morgan fingerprint density at radius 1 is 1.21 bits per heavy atom. The maximum atomic E-state index is 13.0. The van der Waals surface area contributed by atoms with Crippen molar-refractivity contribution in [2.45, 2.75) is 6.92 Å². The summed E-state index contributed by atoms with van der Waals surface area (Å²) in [4.78, 5) is 12.0. The number of benzene rings is 1. The molecule has 0 saturated heterocycles. The van der Waals surface area contributed by atoms with Crippen LogP contribution in [0.15, 0.2) is 24.3 Å². The molecule has 1 heterocycles. The summed E-state index contributed by atoms with van der Waals surface area (Å²) in [5, 5.41) is 2.92. The fourth-order valence-electron chi connectivity index (χ4n) is 1.35. The van der Waals surface area contributed by atoms with Gasteiger partial charge < -0.3 is 14.8 Å². The third-order valence-electron chi connectivity index (χ3n) is 2.12. The summed E-state index contributed by atoms with van der Waals surface area (Å²) in [6.45, 7) is 2.55. The second-order valence-electron chi connectivity index (χ2n) is 3.52. The smallest absolute Gasteiger partial charge is 0.330 e. The van der Waals surface area contributed by atoms with Gasteiger partial charge in [-0.2, -0.15) is 9.97 Å². The molecular formula is C12H13FN4O2. The van der Waals surface area contributed by atoms with Crippen molar-refractivity contribution in [1.29, 1.82) is 0 Å². The highest BCUT2D eigenvalue weighted by Gasteiger charge is 2.08. The van der Waals surface area contributed by atoms with Gasteiger partial charge in [-0.1, -0.05) is 6.07 Å². The molecule has 2 aromatic rings. The van der Waals surface area contributed by atoms with Crippen molar-refractivity contribution in [2.24, 2.45) is 0 Å². The summed E-state index contributed by atoms with van der Waals surface area (Å²) in [6.07, 6.45) is 0. The van der Waals surface area contributed by atoms with Crippen LogP contribution >= 0.6 is 0 Å². The van der Waals surface area contributed by atoms with Gasteiger partial charge in [-0.25, -0.2) is 4.39 Å². The molecule has 19 heavy (non-hydrogen) atoms. The number of nitrogens with zero attached hydrogens (tertiary/aromatic N) is 3. The van der Waals surface area contributed by atoms with Gasteiger partial charge in [-0.3, -0.25) is 0 Å². The maximum absolute atomic E-state index is 13.0. The van der Waals surface area contributed by atoms with Crippen LogP contribution in [0.4, 0.5) is 10.3 Å². The Morgan fingerprint density at radius 2 is 2.00 bits per heavy atom. The normalized spacial score (nSPS) is 10.1. The molecule has 0 bridgehead atoms. The molecule has 7 heteroatoms. The standard InChI is InChI=1S/C12H13FN4O2/c1-3-14-10-15-11(18-2)17-12(16-10)19-9-6-4-5-8(13)7-9/h4-7H,3H2,1-2H3,(H,14,15,16,17). The van der Waals surface area contributed by atoms with E-state index >= 15 is 0 Å². The molecule has 0 spiro atoms. The zero-order chi connectivity index (χ0) is 13.7. The van der Waals surface area contributed by atoms with Crippen LogP contribution in [-0.4, -0.2) is 28.6 Å². The highest BCUT2D eigenvalue weighted by atomic mass is 19.1. The van der Waals surface area contributed by atoms with Gasteiger partial charge in [-0.15, -0.1) is 4.98 Å². The van der Waals surface area contributed by atoms with Crippen LogP contribution in [0.5, 0.6) is 17.8 Å². The highest BCUT2D eigenvalue weighted by Crippen LogP contribution is 2.20. The minimum Gasteiger partial charge on any atom is -0.467 e. The first-order valence-corrected chi connectivity index (χ1v) is 5.68. The Bertz CT molecular complexity index is 565. The second-order valence-corrected chi connectivity index (χ2v) is 3.52. The van der Waals surface area contributed by atoms with Crippen molar-refractivity contribution in [2.75, 3.05) is 19.0 Å². The number of hydrogen-bond donors (Lipinski definition) is 1. The van der Waals surface area contributed by atoms with Crippen LogP contribution in [-0.2, 0) is 0 Å². The van der Waals surface area contributed by atoms with Crippen molar-refractivity contribution in [1.82, 2.24) is 15.0 Å². The Balaban J connectivity index is 2.26. The van der Waals surface area contributed by atoms with E-state index in [-0.39, 0.29) is 12.0 Å². The van der Waals surface area contributed by atoms with E-state index in [0.717, 1.165) is 0 Å². The fraction of sp³-hybridized carbons (Fsp3) is 0.250. The summed E-state index contributed by atoms with van der Waals surface area (Å²) in [6, 6.07) is 5.86. The topological polar surface area (TPSA) is 69.2 Å². The minimum absolute atomic E-state index is 0.0356. The summed E-state index contributed by atoms with van der Waals surface area (Å²) in [5.74, 6) is 0.238. The molecule has 0 radical (unpaired) electrons. The summed E-state index contributed by atoms with van der Waals surface area (Å²) in [5.41, 5.74) is 0. The first-order chi connectivity index (χ1) is 9.21. The summed E-state index contributed by atoms with van der Waals surface area (Å²) in [7, 11) is 1.44. The van der Waals surface area contributed by atoms with E-state index in [2.05, 4.69) is 20.3 Å². The van der Waals surface area contributed by atoms with Crippen molar-refractivity contribution < 1.29 is 13.9 Å². The second kappa shape index (κ2) is 5.94. The zero-order valence-electron chi connectivity index (χ0n) is 10.6. The fourth-order valence-corrected chi connectivity index (χ4v) is 1.35. The Morgan fingerprint density at radius 3 is 2.68 bits per heavy atom. The molecule has 1 aromatic carbocycles. The molecule has 0 aliphatic heterocycles. The monoisotopic (exact) mass is 264 g/mol. The van der Waals surface area contributed by atoms with E-state index in [1.165, 1.54) is 25.3 Å². The van der Waals surface area contributed by atoms with Crippen LogP contribution in [0.25, 0.3) is 0 Å². The lowest BCUT2D eigenvalue weighted by molar-refractivity contribution is 0.359. The van der Waals surface area contributed by atoms with E-state index in [1.807, 2.05) is 6.92 Å². The van der Waals surface area contributed by atoms with Gasteiger partial charge in [0.15, 0.2) is 0 Å². The molecule has 0 fully saturated rings. The van der Waals surface area contributed by atoms with Gasteiger partial charge in [0.05, 0.1) is 7.11 Å². The van der Waals surface area contributed by atoms with Crippen LogP contribution in [0.3, 0.4) is 0 Å². The number of nitrogens with one attached hydrogen (secondary N) is 1. The van der Waals surface area contributed by atoms with Crippen molar-refractivity contribution in [3.05, 3.63) is 30.1 Å². The van der Waals surface area contributed by atoms with E-state index in [9.17, 15) is 4.39 Å². The first kappa shape index (κ1) is 13.0. The quantitative estimate of drug-likeness (QED) is 0.893. The zero-order valence-corrected chi connectivity index (χ0v) is 10.6. The van der Waals surface area contributed by atoms with E-state index < -0.39 is 5.82 Å². The van der Waals surface area contributed by atoms with Crippen molar-refractivity contribution in [3.8, 4) is 17.8 Å². The number of ether oxygens (including phenoxy) is 2. The van der Waals surface area contributed by atoms with E-state index in [4.69, 9.17) is 9.47 Å². The van der Waals surface area contributed by atoms with Gasteiger partial charge in [0.1, 0.15) is 11.6 Å². The molecule has 0 amide bonds. The number of hydrogen-bond acceptors (Lipinski definition) is 6. The lowest BCUT2D eigenvalue weighted by Gasteiger charge is -2.07. The molecule has 0 saturated carbocycles. The molecule has 2 rings (SSSR count). The summed E-state index contributed by atoms with van der Waals surface area (Å²) >= 11 is 0. The number of methoxy groups -OCH3 is 1. The largest absolute Gasteiger partial charge is 0.467 e. The molecule has 0 aliphatic carbocycles. The number of rotatable bonds is 5. The Labute approximate surface area is 109 Å². The lowest BCUT2D eigenvalue weighted by atomic mass is 10.3. The van der Waals surface area contributed by atoms with Gasteiger partial charge in [0.25, 0.3) is 0 Å². The number of anilines is 1. The average Bonchev–Trinajstić information content (AvgIpc) is 2.39. The SMILES string of the molecule is CCNc1nc(OC)nc(Oc2cccc(F)c2)n1. The third-order valence-corrected chi connectivity index (χ3v) is 2.12. The molecule has 100 valence electrons. The van der Waals surface area contributed by atoms with Crippen LogP contribution in [0.2, 0.25) is 0 Å². The average molecular weight is 264 g/mol. The van der Waals surface area contributed by atoms with Crippen LogP contribution < -0.4 is 14.8 Å². The molecule has 0 unspecified atom stereocenters. The van der Waals surface area contributed by atoms with E-state index in [0.29, 0.717) is 18.2 Å². The maximum Gasteiger partial charge on any atom is 0.330 e. The predicted molar refractivity (Wildman–Crippen MR) is 67.0 cm³/mol. The third kappa shape index (κ3) is 3.51. The molecule has 1 aromatic heterocycles. The molecule has 6 nitrogen and oxygen atoms in total. The van der Waals surface area contributed by atoms with Gasteiger partial charge in [0, 0.05) is 12.6 Å². The molecule has 1 N–H and O–H groups in total. The van der Waals surface area contributed by atoms with Crippen LogP contribution in [0.1, 0.15) is 6.92 Å². The molecule has 0 aliphatic rings. The van der Waals surface area contributed by atoms with Gasteiger partial charge in [-0.05, 0) is 19.1 Å². The Hall–Kier alpha value is -2.44. The molecule has 0 atom stereocenters. The van der Waals surface area contributed by atoms with Crippen LogP contribution in [0, 0.1) is 5.82 Å². The van der Waals surface area contributed by atoms with Gasteiger partial charge in [0.2, 0.25) is 5.95 Å². The lowest BCUT2D eigenvalue weighted by Crippen LogP contribution is -2.06. The number of halogens is 1. The predicted octanol–water partition coefficient (Wildman–Crippen LogP) is 2.24. The molecular weight excluding hydrogens is 251 g/mol.